The molecular formula is C14H21N3. The van der Waals surface area contributed by atoms with E-state index in [1.165, 1.54) is 43.5 Å². The van der Waals surface area contributed by atoms with Crippen molar-refractivity contribution in [3.8, 4) is 0 Å². The topological polar surface area (TPSA) is 28.2 Å². The molecule has 17 heavy (non-hydrogen) atoms. The van der Waals surface area contributed by atoms with E-state index >= 15 is 0 Å². The largest absolute Gasteiger partial charge is 0.309 e. The number of aryl methyl sites for hydroxylation is 1. The quantitative estimate of drug-likeness (QED) is 0.855. The van der Waals surface area contributed by atoms with Crippen LogP contribution in [0, 0.1) is 6.92 Å². The molecule has 0 bridgehead atoms. The number of rotatable bonds is 4. The second-order valence-electron chi connectivity index (χ2n) is 5.46. The number of aromatic nitrogens is 1. The Hall–Kier alpha value is -0.930. The molecule has 2 fully saturated rings. The Labute approximate surface area is 103 Å². The van der Waals surface area contributed by atoms with Gasteiger partial charge in [0, 0.05) is 44.1 Å². The average molecular weight is 231 g/mol. The monoisotopic (exact) mass is 231 g/mol. The minimum Gasteiger partial charge on any atom is -0.309 e. The summed E-state index contributed by atoms with van der Waals surface area (Å²) in [7, 11) is 0. The van der Waals surface area contributed by atoms with Crippen molar-refractivity contribution < 1.29 is 0 Å². The molecule has 0 spiro atoms. The second kappa shape index (κ2) is 4.75. The van der Waals surface area contributed by atoms with Gasteiger partial charge in [0.15, 0.2) is 0 Å². The van der Waals surface area contributed by atoms with Gasteiger partial charge in [0.2, 0.25) is 0 Å². The molecular weight excluding hydrogens is 210 g/mol. The van der Waals surface area contributed by atoms with E-state index in [4.69, 9.17) is 0 Å². The third kappa shape index (κ3) is 2.85. The zero-order valence-corrected chi connectivity index (χ0v) is 10.5. The molecule has 0 amide bonds. The first kappa shape index (κ1) is 11.2. The minimum absolute atomic E-state index is 0.677. The molecule has 1 aromatic rings. The maximum absolute atomic E-state index is 4.23. The van der Waals surface area contributed by atoms with E-state index in [0.717, 1.165) is 12.6 Å². The molecule has 92 valence electrons. The van der Waals surface area contributed by atoms with Gasteiger partial charge in [-0.05, 0) is 37.3 Å². The average Bonchev–Trinajstić information content (AvgIpc) is 3.07. The lowest BCUT2D eigenvalue weighted by atomic mass is 10.2. The van der Waals surface area contributed by atoms with Gasteiger partial charge in [-0.2, -0.15) is 0 Å². The van der Waals surface area contributed by atoms with Crippen LogP contribution in [0.3, 0.4) is 0 Å². The summed E-state index contributed by atoms with van der Waals surface area (Å²) in [5, 5.41) is 3.66. The normalized spacial score (nSPS) is 25.4. The molecule has 3 heteroatoms. The van der Waals surface area contributed by atoms with Gasteiger partial charge in [-0.25, -0.2) is 0 Å². The van der Waals surface area contributed by atoms with Crippen LogP contribution >= 0.6 is 0 Å². The van der Waals surface area contributed by atoms with Gasteiger partial charge in [-0.3, -0.25) is 9.88 Å². The summed E-state index contributed by atoms with van der Waals surface area (Å²) in [6.07, 6.45) is 8.03. The lowest BCUT2D eigenvalue weighted by Crippen LogP contribution is -2.32. The maximum Gasteiger partial charge on any atom is 0.0313 e. The van der Waals surface area contributed by atoms with E-state index in [9.17, 15) is 0 Å². The SMILES string of the molecule is Cc1cncc(CNC2CCN(C3CC3)C2)c1. The zero-order chi connectivity index (χ0) is 11.7. The van der Waals surface area contributed by atoms with Crippen LogP contribution < -0.4 is 5.32 Å². The Morgan fingerprint density at radius 1 is 1.35 bits per heavy atom. The first-order valence-electron chi connectivity index (χ1n) is 6.69. The number of likely N-dealkylation sites (tertiary alicyclic amines) is 1. The summed E-state index contributed by atoms with van der Waals surface area (Å²) in [5.74, 6) is 0. The molecule has 1 N–H and O–H groups in total. The third-order valence-corrected chi connectivity index (χ3v) is 3.81. The summed E-state index contributed by atoms with van der Waals surface area (Å²) >= 11 is 0. The van der Waals surface area contributed by atoms with Crippen molar-refractivity contribution in [2.24, 2.45) is 0 Å². The van der Waals surface area contributed by atoms with Gasteiger partial charge in [0.1, 0.15) is 0 Å². The first-order valence-corrected chi connectivity index (χ1v) is 6.69. The zero-order valence-electron chi connectivity index (χ0n) is 10.5. The summed E-state index contributed by atoms with van der Waals surface area (Å²) < 4.78 is 0. The summed E-state index contributed by atoms with van der Waals surface area (Å²) in [5.41, 5.74) is 2.55. The maximum atomic E-state index is 4.23. The molecule has 1 unspecified atom stereocenters. The summed E-state index contributed by atoms with van der Waals surface area (Å²) in [6.45, 7) is 5.58. The van der Waals surface area contributed by atoms with Crippen molar-refractivity contribution in [1.29, 1.82) is 0 Å². The van der Waals surface area contributed by atoms with Crippen LogP contribution in [0.4, 0.5) is 0 Å². The van der Waals surface area contributed by atoms with Crippen LogP contribution in [0.2, 0.25) is 0 Å². The van der Waals surface area contributed by atoms with Crippen molar-refractivity contribution in [3.05, 3.63) is 29.6 Å². The van der Waals surface area contributed by atoms with Crippen LogP contribution in [-0.4, -0.2) is 35.1 Å². The number of hydrogen-bond donors (Lipinski definition) is 1. The van der Waals surface area contributed by atoms with Crippen LogP contribution in [0.15, 0.2) is 18.5 Å². The van der Waals surface area contributed by atoms with Crippen LogP contribution in [0.5, 0.6) is 0 Å². The molecule has 3 rings (SSSR count). The molecule has 1 atom stereocenters. The van der Waals surface area contributed by atoms with Crippen LogP contribution in [0.1, 0.15) is 30.4 Å². The Morgan fingerprint density at radius 3 is 3.00 bits per heavy atom. The molecule has 1 saturated carbocycles. The Bertz CT molecular complexity index is 387. The van der Waals surface area contributed by atoms with E-state index in [1.807, 2.05) is 12.4 Å². The Morgan fingerprint density at radius 2 is 2.24 bits per heavy atom. The molecule has 2 aliphatic rings. The first-order chi connectivity index (χ1) is 8.31. The highest BCUT2D eigenvalue weighted by Crippen LogP contribution is 2.29. The highest BCUT2D eigenvalue weighted by atomic mass is 15.2. The van der Waals surface area contributed by atoms with Crippen molar-refractivity contribution >= 4 is 0 Å². The number of nitrogens with one attached hydrogen (secondary N) is 1. The lowest BCUT2D eigenvalue weighted by molar-refractivity contribution is 0.317. The van der Waals surface area contributed by atoms with E-state index < -0.39 is 0 Å². The molecule has 1 aliphatic carbocycles. The highest BCUT2D eigenvalue weighted by Gasteiger charge is 2.33. The van der Waals surface area contributed by atoms with Crippen LogP contribution in [0.25, 0.3) is 0 Å². The van der Waals surface area contributed by atoms with E-state index in [1.54, 1.807) is 0 Å². The van der Waals surface area contributed by atoms with Crippen molar-refractivity contribution in [1.82, 2.24) is 15.2 Å². The number of hydrogen-bond acceptors (Lipinski definition) is 3. The minimum atomic E-state index is 0.677. The predicted octanol–water partition coefficient (Wildman–Crippen LogP) is 1.72. The van der Waals surface area contributed by atoms with E-state index in [2.05, 4.69) is 28.2 Å². The molecule has 1 saturated heterocycles. The fourth-order valence-corrected chi connectivity index (χ4v) is 2.70. The predicted molar refractivity (Wildman–Crippen MR) is 68.8 cm³/mol. The highest BCUT2D eigenvalue weighted by molar-refractivity contribution is 5.16. The molecule has 1 aliphatic heterocycles. The molecule has 2 heterocycles. The van der Waals surface area contributed by atoms with Gasteiger partial charge < -0.3 is 5.32 Å². The molecule has 0 radical (unpaired) electrons. The molecule has 1 aromatic heterocycles. The standard InChI is InChI=1S/C14H21N3/c1-11-6-12(8-15-7-11)9-16-13-4-5-17(10-13)14-2-3-14/h6-8,13-14,16H,2-5,9-10H2,1H3. The van der Waals surface area contributed by atoms with Crippen LogP contribution in [-0.2, 0) is 6.54 Å². The van der Waals surface area contributed by atoms with Gasteiger partial charge in [-0.1, -0.05) is 6.07 Å². The van der Waals surface area contributed by atoms with Crippen molar-refractivity contribution in [3.63, 3.8) is 0 Å². The van der Waals surface area contributed by atoms with Gasteiger partial charge in [0.25, 0.3) is 0 Å². The molecule has 0 aromatic carbocycles. The van der Waals surface area contributed by atoms with Gasteiger partial charge in [0.05, 0.1) is 0 Å². The lowest BCUT2D eigenvalue weighted by Gasteiger charge is -2.15. The number of pyridine rings is 1. The summed E-state index contributed by atoms with van der Waals surface area (Å²) in [4.78, 5) is 6.88. The number of nitrogens with zero attached hydrogens (tertiary/aromatic N) is 2. The Balaban J connectivity index is 1.48. The van der Waals surface area contributed by atoms with Gasteiger partial charge >= 0.3 is 0 Å². The van der Waals surface area contributed by atoms with E-state index in [0.29, 0.717) is 6.04 Å². The fourth-order valence-electron chi connectivity index (χ4n) is 2.70. The third-order valence-electron chi connectivity index (χ3n) is 3.81. The van der Waals surface area contributed by atoms with Gasteiger partial charge in [-0.15, -0.1) is 0 Å². The fraction of sp³-hybridized carbons (Fsp3) is 0.643. The summed E-state index contributed by atoms with van der Waals surface area (Å²) in [6, 6.07) is 3.81. The molecule has 3 nitrogen and oxygen atoms in total. The van der Waals surface area contributed by atoms with Crippen molar-refractivity contribution in [2.75, 3.05) is 13.1 Å². The van der Waals surface area contributed by atoms with E-state index in [-0.39, 0.29) is 0 Å². The smallest absolute Gasteiger partial charge is 0.0313 e. The Kier molecular flexibility index (Phi) is 3.12. The second-order valence-corrected chi connectivity index (χ2v) is 5.46. The van der Waals surface area contributed by atoms with Crippen molar-refractivity contribution in [2.45, 2.75) is 44.8 Å².